The van der Waals surface area contributed by atoms with E-state index in [1.54, 1.807) is 12.3 Å². The summed E-state index contributed by atoms with van der Waals surface area (Å²) in [5.74, 6) is 0.594. The molecule has 0 aliphatic carbocycles. The monoisotopic (exact) mass is 255 g/mol. The first kappa shape index (κ1) is 11.5. The summed E-state index contributed by atoms with van der Waals surface area (Å²) < 4.78 is 5.66. The molecule has 0 N–H and O–H groups in total. The number of nitrogens with zero attached hydrogens (tertiary/aromatic N) is 1. The van der Waals surface area contributed by atoms with Crippen LogP contribution in [0.15, 0.2) is 24.4 Å². The highest BCUT2D eigenvalue weighted by Gasteiger charge is 2.13. The second-order valence-corrected chi connectivity index (χ2v) is 4.55. The molecule has 0 aliphatic rings. The van der Waals surface area contributed by atoms with Gasteiger partial charge in [0.1, 0.15) is 5.52 Å². The van der Waals surface area contributed by atoms with Gasteiger partial charge in [0.05, 0.1) is 16.1 Å². The Hall–Kier alpha value is -0.990. The molecule has 0 spiro atoms. The van der Waals surface area contributed by atoms with Crippen molar-refractivity contribution in [2.45, 2.75) is 20.0 Å². The van der Waals surface area contributed by atoms with E-state index in [2.05, 4.69) is 4.98 Å². The zero-order chi connectivity index (χ0) is 11.7. The minimum atomic E-state index is 0.0453. The lowest BCUT2D eigenvalue weighted by Crippen LogP contribution is -2.06. The molecule has 1 aromatic heterocycles. The van der Waals surface area contributed by atoms with Crippen LogP contribution in [0.4, 0.5) is 0 Å². The largest absolute Gasteiger partial charge is 0.487 e. The highest BCUT2D eigenvalue weighted by atomic mass is 35.5. The third-order valence-electron chi connectivity index (χ3n) is 2.10. The predicted molar refractivity (Wildman–Crippen MR) is 67.5 cm³/mol. The Balaban J connectivity index is 2.71. The smallest absolute Gasteiger partial charge is 0.164 e. The molecule has 16 heavy (non-hydrogen) atoms. The van der Waals surface area contributed by atoms with Gasteiger partial charge in [0.15, 0.2) is 5.75 Å². The molecule has 0 fully saturated rings. The summed E-state index contributed by atoms with van der Waals surface area (Å²) in [4.78, 5) is 4.26. The Morgan fingerprint density at radius 1 is 1.25 bits per heavy atom. The molecule has 1 heterocycles. The van der Waals surface area contributed by atoms with Gasteiger partial charge in [-0.05, 0) is 32.0 Å². The highest BCUT2D eigenvalue weighted by molar-refractivity contribution is 6.39. The Bertz CT molecular complexity index is 526. The van der Waals surface area contributed by atoms with Crippen LogP contribution in [0, 0.1) is 0 Å². The van der Waals surface area contributed by atoms with E-state index >= 15 is 0 Å². The number of hydrogen-bond acceptors (Lipinski definition) is 2. The van der Waals surface area contributed by atoms with Crippen molar-refractivity contribution in [1.82, 2.24) is 4.98 Å². The lowest BCUT2D eigenvalue weighted by Gasteiger charge is -2.14. The molecule has 0 radical (unpaired) electrons. The van der Waals surface area contributed by atoms with E-state index in [0.29, 0.717) is 21.3 Å². The molecule has 1 aromatic carbocycles. The minimum Gasteiger partial charge on any atom is -0.487 e. The third kappa shape index (κ3) is 2.08. The number of ether oxygens (including phenoxy) is 1. The standard InChI is InChI=1S/C12H11Cl2NO/c1-7(2)16-12-10(14)6-9(13)8-4-3-5-15-11(8)12/h3-7H,1-2H3. The molecular weight excluding hydrogens is 245 g/mol. The van der Waals surface area contributed by atoms with Crippen molar-refractivity contribution in [3.05, 3.63) is 34.4 Å². The van der Waals surface area contributed by atoms with E-state index in [1.165, 1.54) is 0 Å². The average Bonchev–Trinajstić information content (AvgIpc) is 2.24. The first-order chi connectivity index (χ1) is 7.59. The molecule has 0 unspecified atom stereocenters. The van der Waals surface area contributed by atoms with Crippen molar-refractivity contribution in [1.29, 1.82) is 0 Å². The zero-order valence-corrected chi connectivity index (χ0v) is 10.5. The first-order valence-electron chi connectivity index (χ1n) is 4.99. The van der Waals surface area contributed by atoms with Crippen LogP contribution < -0.4 is 4.74 Å². The minimum absolute atomic E-state index is 0.0453. The maximum atomic E-state index is 6.10. The molecule has 4 heteroatoms. The fourth-order valence-corrected chi connectivity index (χ4v) is 2.06. The molecule has 0 saturated heterocycles. The third-order valence-corrected chi connectivity index (χ3v) is 2.70. The number of benzene rings is 1. The van der Waals surface area contributed by atoms with Gasteiger partial charge >= 0.3 is 0 Å². The summed E-state index contributed by atoms with van der Waals surface area (Å²) in [7, 11) is 0. The summed E-state index contributed by atoms with van der Waals surface area (Å²) in [5.41, 5.74) is 0.703. The molecule has 0 aliphatic heterocycles. The van der Waals surface area contributed by atoms with E-state index in [9.17, 15) is 0 Å². The molecule has 2 nitrogen and oxygen atoms in total. The van der Waals surface area contributed by atoms with Crippen LogP contribution in [-0.2, 0) is 0 Å². The number of rotatable bonds is 2. The Kier molecular flexibility index (Phi) is 3.22. The van der Waals surface area contributed by atoms with Crippen molar-refractivity contribution < 1.29 is 4.74 Å². The van der Waals surface area contributed by atoms with E-state index in [1.807, 2.05) is 26.0 Å². The van der Waals surface area contributed by atoms with Crippen molar-refractivity contribution >= 4 is 34.1 Å². The summed E-state index contributed by atoms with van der Waals surface area (Å²) in [6.07, 6.45) is 1.74. The fourth-order valence-electron chi connectivity index (χ4n) is 1.49. The van der Waals surface area contributed by atoms with Gasteiger partial charge in [-0.3, -0.25) is 4.98 Å². The first-order valence-corrected chi connectivity index (χ1v) is 5.74. The number of hydrogen-bond donors (Lipinski definition) is 0. The normalized spacial score (nSPS) is 11.1. The van der Waals surface area contributed by atoms with Gasteiger partial charge < -0.3 is 4.74 Å². The van der Waals surface area contributed by atoms with Crippen LogP contribution in [0.25, 0.3) is 10.9 Å². The van der Waals surface area contributed by atoms with Gasteiger partial charge in [0, 0.05) is 11.6 Å². The number of pyridine rings is 1. The van der Waals surface area contributed by atoms with Crippen LogP contribution in [-0.4, -0.2) is 11.1 Å². The SMILES string of the molecule is CC(C)Oc1c(Cl)cc(Cl)c2cccnc12. The molecule has 0 amide bonds. The second kappa shape index (κ2) is 4.48. The molecule has 0 bridgehead atoms. The lowest BCUT2D eigenvalue weighted by molar-refractivity contribution is 0.245. The van der Waals surface area contributed by atoms with Gasteiger partial charge in [0.25, 0.3) is 0 Å². The number of halogens is 2. The van der Waals surface area contributed by atoms with Crippen molar-refractivity contribution in [3.63, 3.8) is 0 Å². The maximum Gasteiger partial charge on any atom is 0.164 e. The lowest BCUT2D eigenvalue weighted by atomic mass is 10.2. The number of aromatic nitrogens is 1. The molecular formula is C12H11Cl2NO. The van der Waals surface area contributed by atoms with Crippen LogP contribution in [0.3, 0.4) is 0 Å². The summed E-state index contributed by atoms with van der Waals surface area (Å²) in [5, 5.41) is 1.93. The van der Waals surface area contributed by atoms with E-state index < -0.39 is 0 Å². The quantitative estimate of drug-likeness (QED) is 0.797. The van der Waals surface area contributed by atoms with Gasteiger partial charge in [0.2, 0.25) is 0 Å². The van der Waals surface area contributed by atoms with E-state index in [4.69, 9.17) is 27.9 Å². The van der Waals surface area contributed by atoms with Gasteiger partial charge in [-0.25, -0.2) is 0 Å². The second-order valence-electron chi connectivity index (χ2n) is 3.74. The summed E-state index contributed by atoms with van der Waals surface area (Å²) in [6.45, 7) is 3.89. The van der Waals surface area contributed by atoms with Crippen LogP contribution >= 0.6 is 23.2 Å². The van der Waals surface area contributed by atoms with Gasteiger partial charge in [-0.2, -0.15) is 0 Å². The Morgan fingerprint density at radius 2 is 2.00 bits per heavy atom. The Labute approximate surface area is 104 Å². The van der Waals surface area contributed by atoms with Crippen LogP contribution in [0.5, 0.6) is 5.75 Å². The molecule has 0 saturated carbocycles. The summed E-state index contributed by atoms with van der Waals surface area (Å²) in [6, 6.07) is 5.42. The predicted octanol–water partition coefficient (Wildman–Crippen LogP) is 4.33. The van der Waals surface area contributed by atoms with Crippen molar-refractivity contribution in [2.75, 3.05) is 0 Å². The van der Waals surface area contributed by atoms with E-state index in [-0.39, 0.29) is 6.10 Å². The zero-order valence-electron chi connectivity index (χ0n) is 9.00. The topological polar surface area (TPSA) is 22.1 Å². The van der Waals surface area contributed by atoms with Crippen molar-refractivity contribution in [2.24, 2.45) is 0 Å². The average molecular weight is 256 g/mol. The molecule has 84 valence electrons. The van der Waals surface area contributed by atoms with Gasteiger partial charge in [-0.15, -0.1) is 0 Å². The fraction of sp³-hybridized carbons (Fsp3) is 0.250. The van der Waals surface area contributed by atoms with Crippen molar-refractivity contribution in [3.8, 4) is 5.75 Å². The Morgan fingerprint density at radius 3 is 2.69 bits per heavy atom. The highest BCUT2D eigenvalue weighted by Crippen LogP contribution is 2.37. The van der Waals surface area contributed by atoms with Gasteiger partial charge in [-0.1, -0.05) is 23.2 Å². The van der Waals surface area contributed by atoms with E-state index in [0.717, 1.165) is 5.39 Å². The summed E-state index contributed by atoms with van der Waals surface area (Å²) >= 11 is 12.2. The molecule has 2 aromatic rings. The van der Waals surface area contributed by atoms with Crippen LogP contribution in [0.2, 0.25) is 10.0 Å². The molecule has 0 atom stereocenters. The van der Waals surface area contributed by atoms with Crippen LogP contribution in [0.1, 0.15) is 13.8 Å². The maximum absolute atomic E-state index is 6.10. The molecule has 2 rings (SSSR count). The number of fused-ring (bicyclic) bond motifs is 1.